The van der Waals surface area contributed by atoms with Crippen LogP contribution in [0.1, 0.15) is 56.6 Å². The predicted molar refractivity (Wildman–Crippen MR) is 76.7 cm³/mol. The highest BCUT2D eigenvalue weighted by Crippen LogP contribution is 2.28. The van der Waals surface area contributed by atoms with E-state index in [0.29, 0.717) is 5.92 Å². The standard InChI is InChI=1S/C17H24O/c1-3-5-14-7-9-15(10-8-14)16-11-12-17(6-4-2)18-13-16/h7-10,12,16H,3-6,11,13H2,1-2H3. The second-order valence-electron chi connectivity index (χ2n) is 5.16. The zero-order valence-corrected chi connectivity index (χ0v) is 11.6. The van der Waals surface area contributed by atoms with Crippen LogP contribution in [-0.4, -0.2) is 6.61 Å². The fourth-order valence-electron chi connectivity index (χ4n) is 2.51. The van der Waals surface area contributed by atoms with Gasteiger partial charge in [-0.3, -0.25) is 0 Å². The molecule has 2 rings (SSSR count). The van der Waals surface area contributed by atoms with Gasteiger partial charge in [-0.1, -0.05) is 44.5 Å². The predicted octanol–water partition coefficient (Wildman–Crippen LogP) is 4.83. The van der Waals surface area contributed by atoms with Crippen LogP contribution in [-0.2, 0) is 11.2 Å². The molecule has 1 heterocycles. The molecule has 1 nitrogen and oxygen atoms in total. The second kappa shape index (κ2) is 6.63. The first-order valence-electron chi connectivity index (χ1n) is 7.24. The maximum atomic E-state index is 5.82. The van der Waals surface area contributed by atoms with Crippen molar-refractivity contribution in [2.24, 2.45) is 0 Å². The summed E-state index contributed by atoms with van der Waals surface area (Å²) in [4.78, 5) is 0. The van der Waals surface area contributed by atoms with Crippen LogP contribution in [0.3, 0.4) is 0 Å². The third-order valence-corrected chi connectivity index (χ3v) is 3.59. The van der Waals surface area contributed by atoms with Gasteiger partial charge in [-0.05, 0) is 36.5 Å². The summed E-state index contributed by atoms with van der Waals surface area (Å²) >= 11 is 0. The van der Waals surface area contributed by atoms with Crippen molar-refractivity contribution >= 4 is 0 Å². The van der Waals surface area contributed by atoms with Crippen molar-refractivity contribution in [2.75, 3.05) is 6.61 Å². The van der Waals surface area contributed by atoms with Gasteiger partial charge >= 0.3 is 0 Å². The van der Waals surface area contributed by atoms with E-state index >= 15 is 0 Å². The largest absolute Gasteiger partial charge is 0.498 e. The van der Waals surface area contributed by atoms with Gasteiger partial charge in [-0.15, -0.1) is 0 Å². The van der Waals surface area contributed by atoms with Gasteiger partial charge in [0.25, 0.3) is 0 Å². The number of ether oxygens (including phenoxy) is 1. The Morgan fingerprint density at radius 2 is 1.78 bits per heavy atom. The van der Waals surface area contributed by atoms with Gasteiger partial charge in [0.1, 0.15) is 0 Å². The summed E-state index contributed by atoms with van der Waals surface area (Å²) in [5.41, 5.74) is 2.86. The molecule has 0 aromatic heterocycles. The van der Waals surface area contributed by atoms with Gasteiger partial charge in [-0.2, -0.15) is 0 Å². The van der Waals surface area contributed by atoms with Crippen molar-refractivity contribution in [1.29, 1.82) is 0 Å². The molecule has 0 N–H and O–H groups in total. The van der Waals surface area contributed by atoms with E-state index in [0.717, 1.165) is 19.4 Å². The highest BCUT2D eigenvalue weighted by atomic mass is 16.5. The summed E-state index contributed by atoms with van der Waals surface area (Å²) in [6.45, 7) is 5.27. The van der Waals surface area contributed by atoms with Crippen LogP contribution >= 0.6 is 0 Å². The Bertz CT molecular complexity index is 389. The minimum atomic E-state index is 0.543. The lowest BCUT2D eigenvalue weighted by molar-refractivity contribution is 0.166. The highest BCUT2D eigenvalue weighted by molar-refractivity contribution is 5.27. The third-order valence-electron chi connectivity index (χ3n) is 3.59. The van der Waals surface area contributed by atoms with Gasteiger partial charge in [0, 0.05) is 12.3 Å². The Morgan fingerprint density at radius 3 is 2.33 bits per heavy atom. The molecule has 1 aromatic rings. The lowest BCUT2D eigenvalue weighted by atomic mass is 9.93. The summed E-state index contributed by atoms with van der Waals surface area (Å²) in [5.74, 6) is 1.73. The Balaban J connectivity index is 1.96. The molecule has 1 heteroatoms. The SMILES string of the molecule is CCCC1=CCC(c2ccc(CCC)cc2)CO1. The first-order chi connectivity index (χ1) is 8.83. The average Bonchev–Trinajstić information content (AvgIpc) is 2.41. The maximum absolute atomic E-state index is 5.82. The van der Waals surface area contributed by atoms with E-state index < -0.39 is 0 Å². The number of hydrogen-bond acceptors (Lipinski definition) is 1. The van der Waals surface area contributed by atoms with Crippen molar-refractivity contribution < 1.29 is 4.74 Å². The molecule has 98 valence electrons. The Hall–Kier alpha value is -1.24. The molecule has 1 atom stereocenters. The van der Waals surface area contributed by atoms with Crippen LogP contribution in [0.2, 0.25) is 0 Å². The first-order valence-corrected chi connectivity index (χ1v) is 7.24. The monoisotopic (exact) mass is 244 g/mol. The average molecular weight is 244 g/mol. The van der Waals surface area contributed by atoms with Gasteiger partial charge in [0.2, 0.25) is 0 Å². The number of benzene rings is 1. The van der Waals surface area contributed by atoms with Crippen LogP contribution < -0.4 is 0 Å². The van der Waals surface area contributed by atoms with E-state index in [2.05, 4.69) is 44.2 Å². The summed E-state index contributed by atoms with van der Waals surface area (Å²) in [5, 5.41) is 0. The van der Waals surface area contributed by atoms with Gasteiger partial charge in [0.15, 0.2) is 0 Å². The van der Waals surface area contributed by atoms with Crippen molar-refractivity contribution in [3.05, 3.63) is 47.2 Å². The van der Waals surface area contributed by atoms with Crippen molar-refractivity contribution in [3.63, 3.8) is 0 Å². The van der Waals surface area contributed by atoms with E-state index in [-0.39, 0.29) is 0 Å². The second-order valence-corrected chi connectivity index (χ2v) is 5.16. The van der Waals surface area contributed by atoms with E-state index in [1.165, 1.54) is 36.1 Å². The Morgan fingerprint density at radius 1 is 1.06 bits per heavy atom. The number of allylic oxidation sites excluding steroid dienone is 2. The van der Waals surface area contributed by atoms with Crippen LogP contribution in [0.15, 0.2) is 36.1 Å². The van der Waals surface area contributed by atoms with E-state index in [1.54, 1.807) is 0 Å². The lowest BCUT2D eigenvalue weighted by Crippen LogP contribution is -2.12. The normalized spacial score (nSPS) is 19.2. The molecule has 0 saturated carbocycles. The molecular formula is C17H24O. The van der Waals surface area contributed by atoms with Crippen molar-refractivity contribution in [3.8, 4) is 0 Å². The molecular weight excluding hydrogens is 220 g/mol. The van der Waals surface area contributed by atoms with Crippen LogP contribution in [0.4, 0.5) is 0 Å². The molecule has 1 aliphatic heterocycles. The highest BCUT2D eigenvalue weighted by Gasteiger charge is 2.16. The van der Waals surface area contributed by atoms with E-state index in [1.807, 2.05) is 0 Å². The number of rotatable bonds is 5. The maximum Gasteiger partial charge on any atom is 0.0948 e. The minimum absolute atomic E-state index is 0.543. The molecule has 0 fully saturated rings. The fourth-order valence-corrected chi connectivity index (χ4v) is 2.51. The van der Waals surface area contributed by atoms with E-state index in [4.69, 9.17) is 4.74 Å². The van der Waals surface area contributed by atoms with Crippen LogP contribution in [0, 0.1) is 0 Å². The lowest BCUT2D eigenvalue weighted by Gasteiger charge is -2.23. The first kappa shape index (κ1) is 13.2. The zero-order chi connectivity index (χ0) is 12.8. The molecule has 0 amide bonds. The molecule has 0 saturated heterocycles. The smallest absolute Gasteiger partial charge is 0.0948 e. The molecule has 1 aromatic carbocycles. The minimum Gasteiger partial charge on any atom is -0.498 e. The van der Waals surface area contributed by atoms with Crippen molar-refractivity contribution in [2.45, 2.75) is 51.9 Å². The van der Waals surface area contributed by atoms with Crippen LogP contribution in [0.25, 0.3) is 0 Å². The topological polar surface area (TPSA) is 9.23 Å². The van der Waals surface area contributed by atoms with E-state index in [9.17, 15) is 0 Å². The van der Waals surface area contributed by atoms with Gasteiger partial charge in [-0.25, -0.2) is 0 Å². The quantitative estimate of drug-likeness (QED) is 0.721. The zero-order valence-electron chi connectivity index (χ0n) is 11.6. The number of aryl methyl sites for hydroxylation is 1. The molecule has 0 radical (unpaired) electrons. The summed E-state index contributed by atoms with van der Waals surface area (Å²) in [7, 11) is 0. The fraction of sp³-hybridized carbons (Fsp3) is 0.529. The molecule has 0 spiro atoms. The molecule has 1 aliphatic rings. The molecule has 18 heavy (non-hydrogen) atoms. The summed E-state index contributed by atoms with van der Waals surface area (Å²) in [6, 6.07) is 9.09. The Labute approximate surface area is 111 Å². The van der Waals surface area contributed by atoms with Crippen molar-refractivity contribution in [1.82, 2.24) is 0 Å². The molecule has 0 aliphatic carbocycles. The molecule has 1 unspecified atom stereocenters. The van der Waals surface area contributed by atoms with Gasteiger partial charge < -0.3 is 4.74 Å². The van der Waals surface area contributed by atoms with Crippen LogP contribution in [0.5, 0.6) is 0 Å². The third kappa shape index (κ3) is 3.38. The van der Waals surface area contributed by atoms with Gasteiger partial charge in [0.05, 0.1) is 12.4 Å². The summed E-state index contributed by atoms with van der Waals surface area (Å²) < 4.78 is 5.82. The Kier molecular flexibility index (Phi) is 4.86. The molecule has 0 bridgehead atoms. The summed E-state index contributed by atoms with van der Waals surface area (Å²) in [6.07, 6.45) is 8.06. The number of hydrogen-bond donors (Lipinski definition) is 0.